The zero-order valence-corrected chi connectivity index (χ0v) is 41.8. The van der Waals surface area contributed by atoms with Gasteiger partial charge in [0.15, 0.2) is 0 Å². The average Bonchev–Trinajstić information content (AvgIpc) is 4.20. The van der Waals surface area contributed by atoms with Gasteiger partial charge in [0.05, 0.1) is 27.9 Å². The summed E-state index contributed by atoms with van der Waals surface area (Å²) in [5, 5.41) is 0. The maximum atomic E-state index is 2.55. The maximum Gasteiger partial charge on any atom is 0.0755 e. The molecule has 12 aromatic rings. The van der Waals surface area contributed by atoms with Gasteiger partial charge in [-0.1, -0.05) is 249 Å². The predicted octanol–water partition coefficient (Wildman–Crippen LogP) is 19.0. The SMILES string of the molecule is c1ccc(-c2ccc(-c3cccc(N(c4ccc5c(c4)C(c4ccccc4)(c4ccccc4)c4ccccc4-5)c4cccc5c4-c4ccccc4C54c5ccccc5N(c5ccccc5)c5ccccc54)c3)cc2)cc1. The Morgan fingerprint density at radius 3 is 1.36 bits per heavy atom. The Balaban J connectivity index is 1.00. The fourth-order valence-corrected chi connectivity index (χ4v) is 13.5. The van der Waals surface area contributed by atoms with E-state index in [1.807, 2.05) is 0 Å². The van der Waals surface area contributed by atoms with E-state index in [-0.39, 0.29) is 0 Å². The van der Waals surface area contributed by atoms with Crippen molar-refractivity contribution in [3.63, 3.8) is 0 Å². The lowest BCUT2D eigenvalue weighted by Crippen LogP contribution is -2.36. The van der Waals surface area contributed by atoms with Gasteiger partial charge in [0.1, 0.15) is 0 Å². The Morgan fingerprint density at radius 2 is 0.711 bits per heavy atom. The maximum absolute atomic E-state index is 2.55. The Morgan fingerprint density at radius 1 is 0.263 bits per heavy atom. The van der Waals surface area contributed by atoms with E-state index in [1.165, 1.54) is 94.8 Å². The number of benzene rings is 12. The van der Waals surface area contributed by atoms with E-state index in [0.29, 0.717) is 0 Å². The predicted molar refractivity (Wildman–Crippen MR) is 315 cm³/mol. The van der Waals surface area contributed by atoms with Crippen molar-refractivity contribution in [2.75, 3.05) is 9.80 Å². The standard InChI is InChI=1S/C74H50N2/c1-5-23-51(24-6-1)52-43-45-53(46-44-52)54-25-21-32-58(49-54)75(59-47-48-61-60-33-13-15-35-63(60)73(68(61)50-59,55-26-7-2-8-27-55)56-28-9-3-10-29-56)71-42-22-39-67-72(71)62-34-14-16-36-64(62)74(67)65-37-17-19-40-69(65)76(57-30-11-4-12-31-57)70-41-20-18-38-66(70)74/h1-50H. The highest BCUT2D eigenvalue weighted by atomic mass is 15.2. The van der Waals surface area contributed by atoms with Gasteiger partial charge in [0.25, 0.3) is 0 Å². The molecule has 1 spiro atoms. The van der Waals surface area contributed by atoms with Gasteiger partial charge >= 0.3 is 0 Å². The number of anilines is 6. The number of nitrogens with zero attached hydrogens (tertiary/aromatic N) is 2. The molecule has 3 aliphatic rings. The van der Waals surface area contributed by atoms with Crippen molar-refractivity contribution in [3.05, 3.63) is 348 Å². The monoisotopic (exact) mass is 966 g/mol. The van der Waals surface area contributed by atoms with Crippen LogP contribution in [-0.2, 0) is 10.8 Å². The second-order valence-corrected chi connectivity index (χ2v) is 20.3. The first-order valence-electron chi connectivity index (χ1n) is 26.4. The Kier molecular flexibility index (Phi) is 10.0. The van der Waals surface area contributed by atoms with Crippen molar-refractivity contribution in [2.24, 2.45) is 0 Å². The van der Waals surface area contributed by atoms with Crippen LogP contribution in [0.15, 0.2) is 303 Å². The van der Waals surface area contributed by atoms with E-state index in [2.05, 4.69) is 313 Å². The van der Waals surface area contributed by atoms with E-state index in [9.17, 15) is 0 Å². The van der Waals surface area contributed by atoms with Gasteiger partial charge in [-0.05, 0) is 138 Å². The van der Waals surface area contributed by atoms with Crippen molar-refractivity contribution in [3.8, 4) is 44.5 Å². The number of hydrogen-bond acceptors (Lipinski definition) is 2. The molecule has 0 amide bonds. The molecule has 2 nitrogen and oxygen atoms in total. The number of fused-ring (bicyclic) bond motifs is 12. The molecule has 0 aromatic heterocycles. The quantitative estimate of drug-likeness (QED) is 0.150. The molecule has 12 aromatic carbocycles. The first-order valence-corrected chi connectivity index (χ1v) is 26.4. The first-order chi connectivity index (χ1) is 37.7. The number of hydrogen-bond donors (Lipinski definition) is 0. The van der Waals surface area contributed by atoms with Gasteiger partial charge in [-0.3, -0.25) is 0 Å². The molecule has 1 aliphatic heterocycles. The molecule has 0 atom stereocenters. The highest BCUT2D eigenvalue weighted by molar-refractivity contribution is 6.02. The first kappa shape index (κ1) is 43.8. The van der Waals surface area contributed by atoms with E-state index < -0.39 is 10.8 Å². The van der Waals surface area contributed by atoms with Gasteiger partial charge in [0.2, 0.25) is 0 Å². The highest BCUT2D eigenvalue weighted by Gasteiger charge is 2.53. The van der Waals surface area contributed by atoms with Gasteiger partial charge < -0.3 is 9.80 Å². The fourth-order valence-electron chi connectivity index (χ4n) is 13.5. The minimum atomic E-state index is -0.621. The number of rotatable bonds is 8. The molecule has 76 heavy (non-hydrogen) atoms. The average molecular weight is 967 g/mol. The molecule has 15 rings (SSSR count). The molecule has 0 radical (unpaired) electrons. The summed E-state index contributed by atoms with van der Waals surface area (Å²) in [6.45, 7) is 0. The lowest BCUT2D eigenvalue weighted by Gasteiger charge is -2.45. The summed E-state index contributed by atoms with van der Waals surface area (Å²) in [5.74, 6) is 0. The van der Waals surface area contributed by atoms with Gasteiger partial charge in [-0.25, -0.2) is 0 Å². The van der Waals surface area contributed by atoms with E-state index >= 15 is 0 Å². The summed E-state index contributed by atoms with van der Waals surface area (Å²) in [6, 6.07) is 113. The van der Waals surface area contributed by atoms with Crippen LogP contribution in [0.25, 0.3) is 44.5 Å². The summed E-state index contributed by atoms with van der Waals surface area (Å²) >= 11 is 0. The zero-order valence-electron chi connectivity index (χ0n) is 41.8. The van der Waals surface area contributed by atoms with E-state index in [4.69, 9.17) is 0 Å². The molecule has 2 heteroatoms. The van der Waals surface area contributed by atoms with Crippen LogP contribution in [0, 0.1) is 0 Å². The van der Waals surface area contributed by atoms with Crippen molar-refractivity contribution >= 4 is 34.1 Å². The van der Waals surface area contributed by atoms with Crippen LogP contribution in [0.4, 0.5) is 34.1 Å². The summed E-state index contributed by atoms with van der Waals surface area (Å²) in [4.78, 5) is 5.01. The van der Waals surface area contributed by atoms with Crippen molar-refractivity contribution < 1.29 is 0 Å². The molecule has 0 bridgehead atoms. The summed E-state index contributed by atoms with van der Waals surface area (Å²) in [5.41, 5.74) is 25.4. The van der Waals surface area contributed by atoms with Crippen molar-refractivity contribution in [2.45, 2.75) is 10.8 Å². The van der Waals surface area contributed by atoms with Crippen LogP contribution in [0.1, 0.15) is 44.5 Å². The molecule has 356 valence electrons. The molecule has 0 saturated carbocycles. The largest absolute Gasteiger partial charge is 0.310 e. The van der Waals surface area contributed by atoms with Crippen LogP contribution >= 0.6 is 0 Å². The van der Waals surface area contributed by atoms with Crippen molar-refractivity contribution in [1.29, 1.82) is 0 Å². The molecule has 0 saturated heterocycles. The number of para-hydroxylation sites is 3. The molecule has 2 aliphatic carbocycles. The van der Waals surface area contributed by atoms with Crippen LogP contribution < -0.4 is 9.80 Å². The Bertz CT molecular complexity index is 4080. The molecular weight excluding hydrogens is 917 g/mol. The topological polar surface area (TPSA) is 6.48 Å². The van der Waals surface area contributed by atoms with Crippen LogP contribution in [-0.4, -0.2) is 0 Å². The van der Waals surface area contributed by atoms with Gasteiger partial charge in [-0.15, -0.1) is 0 Å². The molecule has 0 unspecified atom stereocenters. The minimum absolute atomic E-state index is 0.575. The van der Waals surface area contributed by atoms with Gasteiger partial charge in [-0.2, -0.15) is 0 Å². The third kappa shape index (κ3) is 6.34. The van der Waals surface area contributed by atoms with Crippen LogP contribution in [0.5, 0.6) is 0 Å². The lowest BCUT2D eigenvalue weighted by atomic mass is 9.64. The van der Waals surface area contributed by atoms with Crippen molar-refractivity contribution in [1.82, 2.24) is 0 Å². The zero-order chi connectivity index (χ0) is 50.2. The molecule has 0 N–H and O–H groups in total. The summed E-state index contributed by atoms with van der Waals surface area (Å²) in [7, 11) is 0. The molecule has 1 heterocycles. The second-order valence-electron chi connectivity index (χ2n) is 20.3. The third-order valence-corrected chi connectivity index (χ3v) is 16.5. The second kappa shape index (κ2) is 17.4. The van der Waals surface area contributed by atoms with Crippen LogP contribution in [0.2, 0.25) is 0 Å². The fraction of sp³-hybridized carbons (Fsp3) is 0.0270. The lowest BCUT2D eigenvalue weighted by molar-refractivity contribution is 0.752. The smallest absolute Gasteiger partial charge is 0.0755 e. The summed E-state index contributed by atoms with van der Waals surface area (Å²) < 4.78 is 0. The highest BCUT2D eigenvalue weighted by Crippen LogP contribution is 2.66. The Hall–Kier alpha value is -9.76. The van der Waals surface area contributed by atoms with E-state index in [0.717, 1.165) is 28.3 Å². The molecule has 0 fully saturated rings. The van der Waals surface area contributed by atoms with Crippen LogP contribution in [0.3, 0.4) is 0 Å². The Labute approximate surface area is 444 Å². The normalized spacial score (nSPS) is 13.7. The van der Waals surface area contributed by atoms with E-state index in [1.54, 1.807) is 0 Å². The summed E-state index contributed by atoms with van der Waals surface area (Å²) in [6.07, 6.45) is 0. The minimum Gasteiger partial charge on any atom is -0.310 e. The third-order valence-electron chi connectivity index (χ3n) is 16.5. The van der Waals surface area contributed by atoms with Gasteiger partial charge in [0, 0.05) is 22.6 Å². The molecular formula is C74H50N2.